The fourth-order valence-corrected chi connectivity index (χ4v) is 5.69. The Morgan fingerprint density at radius 1 is 0.936 bits per heavy atom. The van der Waals surface area contributed by atoms with E-state index in [4.69, 9.17) is 14.5 Å². The van der Waals surface area contributed by atoms with Gasteiger partial charge in [0.2, 0.25) is 5.95 Å². The summed E-state index contributed by atoms with van der Waals surface area (Å²) in [6.07, 6.45) is 3.12. The van der Waals surface area contributed by atoms with Gasteiger partial charge in [-0.25, -0.2) is 24.4 Å². The third-order valence-electron chi connectivity index (χ3n) is 7.88. The Morgan fingerprint density at radius 2 is 1.72 bits per heavy atom. The number of nitrogens with zero attached hydrogens (tertiary/aromatic N) is 8. The number of benzene rings is 2. The van der Waals surface area contributed by atoms with Gasteiger partial charge in [-0.2, -0.15) is 9.50 Å². The fraction of sp³-hybridized carbons (Fsp3) is 0.294. The van der Waals surface area contributed by atoms with Gasteiger partial charge in [0, 0.05) is 49.9 Å². The first-order valence-electron chi connectivity index (χ1n) is 15.4. The SMILES string of the molecule is CN1CCN(c2ccc(Nc3ncc4c(=O)n5c(nc4n3)c3c(OCC(=O)OC(C)(C)C)cccc3n5-c3ccccn3)cc2)CC1. The lowest BCUT2D eigenvalue weighted by molar-refractivity contribution is -0.157. The van der Waals surface area contributed by atoms with Crippen molar-refractivity contribution in [2.45, 2.75) is 26.4 Å². The molecule has 1 aliphatic rings. The molecule has 5 heterocycles. The van der Waals surface area contributed by atoms with Crippen molar-refractivity contribution in [2.24, 2.45) is 0 Å². The zero-order valence-corrected chi connectivity index (χ0v) is 26.7. The van der Waals surface area contributed by atoms with Crippen LogP contribution in [0.5, 0.6) is 5.75 Å². The molecule has 1 N–H and O–H groups in total. The summed E-state index contributed by atoms with van der Waals surface area (Å²) in [4.78, 5) is 49.8. The number of likely N-dealkylation sites (N-methyl/N-ethyl adjacent to an activating group) is 1. The first-order chi connectivity index (χ1) is 22.6. The van der Waals surface area contributed by atoms with Crippen LogP contribution < -0.4 is 20.5 Å². The van der Waals surface area contributed by atoms with Gasteiger partial charge in [-0.3, -0.25) is 4.79 Å². The number of piperazine rings is 1. The number of aromatic nitrogens is 6. The van der Waals surface area contributed by atoms with E-state index in [1.165, 1.54) is 10.7 Å². The lowest BCUT2D eigenvalue weighted by Crippen LogP contribution is -2.44. The number of pyridine rings is 1. The molecular weight excluding hydrogens is 598 g/mol. The van der Waals surface area contributed by atoms with Gasteiger partial charge in [-0.05, 0) is 76.3 Å². The summed E-state index contributed by atoms with van der Waals surface area (Å²) in [5.41, 5.74) is 2.05. The molecule has 0 spiro atoms. The molecule has 0 amide bonds. The minimum atomic E-state index is -0.659. The number of hydrogen-bond donors (Lipinski definition) is 1. The Bertz CT molecular complexity index is 2150. The lowest BCUT2D eigenvalue weighted by Gasteiger charge is -2.34. The number of ether oxygens (including phenoxy) is 2. The highest BCUT2D eigenvalue weighted by atomic mass is 16.6. The predicted molar refractivity (Wildman–Crippen MR) is 180 cm³/mol. The predicted octanol–water partition coefficient (Wildman–Crippen LogP) is 4.19. The summed E-state index contributed by atoms with van der Waals surface area (Å²) >= 11 is 0. The Hall–Kier alpha value is -5.56. The molecule has 47 heavy (non-hydrogen) atoms. The van der Waals surface area contributed by atoms with Crippen LogP contribution in [0.2, 0.25) is 0 Å². The molecule has 13 nitrogen and oxygen atoms in total. The molecule has 7 rings (SSSR count). The summed E-state index contributed by atoms with van der Waals surface area (Å²) in [6, 6.07) is 18.9. The minimum absolute atomic E-state index is 0.212. The van der Waals surface area contributed by atoms with E-state index in [1.807, 2.05) is 24.3 Å². The second-order valence-electron chi connectivity index (χ2n) is 12.5. The molecule has 0 atom stereocenters. The highest BCUT2D eigenvalue weighted by Crippen LogP contribution is 2.32. The Labute approximate surface area is 270 Å². The molecular formula is C34H35N9O4. The van der Waals surface area contributed by atoms with E-state index >= 15 is 0 Å². The van der Waals surface area contributed by atoms with Gasteiger partial charge in [-0.15, -0.1) is 0 Å². The standard InChI is InChI=1S/C34H35N9O4/c1-34(2,3)47-28(44)21-46-26-9-7-8-25-29(26)31-38-30-24(32(45)43(31)42(25)27-10-5-6-15-35-27)20-36-33(39-30)37-22-11-13-23(14-12-22)41-18-16-40(4)17-19-41/h5-15,20H,16-19,21H2,1-4H3,(H,36,37,39). The molecule has 0 aliphatic carbocycles. The summed E-state index contributed by atoms with van der Waals surface area (Å²) in [6.45, 7) is 9.09. The smallest absolute Gasteiger partial charge is 0.344 e. The summed E-state index contributed by atoms with van der Waals surface area (Å²) < 4.78 is 14.5. The molecule has 240 valence electrons. The molecule has 0 saturated carbocycles. The van der Waals surface area contributed by atoms with Crippen LogP contribution in [0.1, 0.15) is 20.8 Å². The summed E-state index contributed by atoms with van der Waals surface area (Å²) in [5.74, 6) is 0.647. The Balaban J connectivity index is 1.29. The van der Waals surface area contributed by atoms with Crippen molar-refractivity contribution in [1.82, 2.24) is 34.0 Å². The molecule has 6 aromatic rings. The quantitative estimate of drug-likeness (QED) is 0.254. The van der Waals surface area contributed by atoms with Crippen molar-refractivity contribution < 1.29 is 14.3 Å². The van der Waals surface area contributed by atoms with Crippen molar-refractivity contribution in [1.29, 1.82) is 0 Å². The molecule has 2 aromatic carbocycles. The summed E-state index contributed by atoms with van der Waals surface area (Å²) in [5, 5.41) is 4.00. The van der Waals surface area contributed by atoms with Crippen LogP contribution >= 0.6 is 0 Å². The molecule has 0 unspecified atom stereocenters. The summed E-state index contributed by atoms with van der Waals surface area (Å²) in [7, 11) is 2.14. The number of anilines is 3. The van der Waals surface area contributed by atoms with Gasteiger partial charge in [0.05, 0.1) is 10.9 Å². The van der Waals surface area contributed by atoms with E-state index in [0.29, 0.717) is 34.1 Å². The van der Waals surface area contributed by atoms with Crippen LogP contribution in [0, 0.1) is 0 Å². The van der Waals surface area contributed by atoms with Crippen LogP contribution in [0.3, 0.4) is 0 Å². The number of hydrogen-bond acceptors (Lipinski definition) is 11. The first-order valence-corrected chi connectivity index (χ1v) is 15.4. The zero-order chi connectivity index (χ0) is 32.7. The van der Waals surface area contributed by atoms with Crippen LogP contribution in [-0.4, -0.2) is 85.4 Å². The van der Waals surface area contributed by atoms with Crippen LogP contribution in [0.15, 0.2) is 77.9 Å². The van der Waals surface area contributed by atoms with Gasteiger partial charge in [0.15, 0.2) is 23.7 Å². The van der Waals surface area contributed by atoms with Crippen LogP contribution in [-0.2, 0) is 9.53 Å². The van der Waals surface area contributed by atoms with Crippen molar-refractivity contribution in [2.75, 3.05) is 50.1 Å². The average Bonchev–Trinajstić information content (AvgIpc) is 3.39. The van der Waals surface area contributed by atoms with E-state index in [9.17, 15) is 9.59 Å². The Morgan fingerprint density at radius 3 is 2.45 bits per heavy atom. The average molecular weight is 634 g/mol. The van der Waals surface area contributed by atoms with E-state index in [2.05, 4.69) is 49.2 Å². The number of esters is 1. The number of fused-ring (bicyclic) bond motifs is 4. The second-order valence-corrected chi connectivity index (χ2v) is 12.5. The maximum atomic E-state index is 14.1. The van der Waals surface area contributed by atoms with E-state index in [-0.39, 0.29) is 23.2 Å². The van der Waals surface area contributed by atoms with E-state index < -0.39 is 11.6 Å². The molecule has 1 fully saturated rings. The van der Waals surface area contributed by atoms with Gasteiger partial charge in [0.25, 0.3) is 5.56 Å². The number of rotatable bonds is 7. The van der Waals surface area contributed by atoms with E-state index in [1.54, 1.807) is 55.9 Å². The molecule has 1 aliphatic heterocycles. The molecule has 13 heteroatoms. The number of nitrogens with one attached hydrogen (secondary N) is 1. The van der Waals surface area contributed by atoms with Crippen molar-refractivity contribution >= 4 is 50.9 Å². The topological polar surface area (TPSA) is 132 Å². The van der Waals surface area contributed by atoms with E-state index in [0.717, 1.165) is 37.6 Å². The van der Waals surface area contributed by atoms with Gasteiger partial charge < -0.3 is 24.6 Å². The molecule has 0 radical (unpaired) electrons. The second kappa shape index (κ2) is 12.0. The van der Waals surface area contributed by atoms with Crippen LogP contribution in [0.25, 0.3) is 33.4 Å². The van der Waals surface area contributed by atoms with Gasteiger partial charge in [0.1, 0.15) is 16.7 Å². The number of carbonyl (C=O) groups is 1. The Kier molecular flexibility index (Phi) is 7.68. The maximum Gasteiger partial charge on any atom is 0.344 e. The highest BCUT2D eigenvalue weighted by Gasteiger charge is 2.23. The number of carbonyl (C=O) groups excluding carboxylic acids is 1. The third-order valence-corrected chi connectivity index (χ3v) is 7.88. The normalized spacial score (nSPS) is 14.2. The molecule has 4 aromatic heterocycles. The largest absolute Gasteiger partial charge is 0.481 e. The van der Waals surface area contributed by atoms with Crippen molar-refractivity contribution in [3.63, 3.8) is 0 Å². The molecule has 0 bridgehead atoms. The maximum absolute atomic E-state index is 14.1. The third kappa shape index (κ3) is 6.04. The van der Waals surface area contributed by atoms with Gasteiger partial charge in [-0.1, -0.05) is 12.1 Å². The van der Waals surface area contributed by atoms with Crippen molar-refractivity contribution in [3.8, 4) is 11.6 Å². The monoisotopic (exact) mass is 633 g/mol. The molecule has 1 saturated heterocycles. The van der Waals surface area contributed by atoms with Gasteiger partial charge >= 0.3 is 5.97 Å². The first kappa shape index (κ1) is 30.1. The van der Waals surface area contributed by atoms with Crippen LogP contribution in [0.4, 0.5) is 17.3 Å². The fourth-order valence-electron chi connectivity index (χ4n) is 5.69. The minimum Gasteiger partial charge on any atom is -0.481 e. The highest BCUT2D eigenvalue weighted by molar-refractivity contribution is 6.00. The van der Waals surface area contributed by atoms with Crippen molar-refractivity contribution in [3.05, 3.63) is 83.4 Å². The zero-order valence-electron chi connectivity index (χ0n) is 26.7. The lowest BCUT2D eigenvalue weighted by atomic mass is 10.2.